The van der Waals surface area contributed by atoms with Crippen LogP contribution in [0.3, 0.4) is 0 Å². The van der Waals surface area contributed by atoms with E-state index in [1.54, 1.807) is 0 Å². The number of hydrogen-bond acceptors (Lipinski definition) is 4. The maximum atomic E-state index is 10.1. The molecule has 0 bridgehead atoms. The third-order valence-corrected chi connectivity index (χ3v) is 3.92. The highest BCUT2D eigenvalue weighted by Gasteiger charge is 2.16. The number of aliphatic hydroxyl groups excluding tert-OH is 1. The molecule has 0 aliphatic carbocycles. The van der Waals surface area contributed by atoms with Crippen LogP contribution in [-0.4, -0.2) is 42.4 Å². The van der Waals surface area contributed by atoms with Gasteiger partial charge < -0.3 is 19.5 Å². The summed E-state index contributed by atoms with van der Waals surface area (Å²) in [5.41, 5.74) is 0. The summed E-state index contributed by atoms with van der Waals surface area (Å²) in [6, 6.07) is 17.2. The maximum Gasteiger partial charge on any atom is 0.169 e. The van der Waals surface area contributed by atoms with Gasteiger partial charge >= 0.3 is 0 Å². The Hall–Kier alpha value is -2.04. The minimum absolute atomic E-state index is 0.270. The fourth-order valence-corrected chi connectivity index (χ4v) is 2.77. The summed E-state index contributed by atoms with van der Waals surface area (Å²) in [4.78, 5) is 2.28. The summed E-state index contributed by atoms with van der Waals surface area (Å²) in [6.45, 7) is 3.09. The van der Waals surface area contributed by atoms with Crippen molar-refractivity contribution < 1.29 is 14.6 Å². The minimum Gasteiger partial charge on any atom is -0.487 e. The summed E-state index contributed by atoms with van der Waals surface area (Å²) in [5, 5.41) is 10.1. The van der Waals surface area contributed by atoms with Crippen molar-refractivity contribution in [2.75, 3.05) is 26.2 Å². The van der Waals surface area contributed by atoms with Gasteiger partial charge in [0, 0.05) is 6.54 Å². The zero-order valence-electron chi connectivity index (χ0n) is 13.2. The average molecular weight is 313 g/mol. The third kappa shape index (κ3) is 4.71. The molecule has 4 nitrogen and oxygen atoms in total. The molecule has 2 aromatic rings. The second-order valence-electron chi connectivity index (χ2n) is 5.83. The Bertz CT molecular complexity index is 597. The van der Waals surface area contributed by atoms with Crippen LogP contribution in [0.5, 0.6) is 17.2 Å². The lowest BCUT2D eigenvalue weighted by Gasteiger charge is -2.20. The van der Waals surface area contributed by atoms with Gasteiger partial charge in [0.05, 0.1) is 0 Å². The molecule has 2 aromatic carbocycles. The Balaban J connectivity index is 1.57. The number of hydrogen-bond donors (Lipinski definition) is 1. The van der Waals surface area contributed by atoms with Crippen LogP contribution in [-0.2, 0) is 0 Å². The van der Waals surface area contributed by atoms with Gasteiger partial charge in [0.25, 0.3) is 0 Å². The number of aliphatic hydroxyl groups is 1. The second-order valence-corrected chi connectivity index (χ2v) is 5.83. The molecule has 122 valence electrons. The van der Waals surface area contributed by atoms with Gasteiger partial charge in [-0.05, 0) is 50.2 Å². The van der Waals surface area contributed by atoms with E-state index in [-0.39, 0.29) is 6.61 Å². The van der Waals surface area contributed by atoms with Gasteiger partial charge in [0.15, 0.2) is 11.5 Å². The summed E-state index contributed by atoms with van der Waals surface area (Å²) < 4.78 is 11.6. The molecule has 0 spiro atoms. The molecule has 0 amide bonds. The van der Waals surface area contributed by atoms with Gasteiger partial charge in [0.2, 0.25) is 0 Å². The number of ether oxygens (including phenoxy) is 2. The highest BCUT2D eigenvalue weighted by Crippen LogP contribution is 2.31. The van der Waals surface area contributed by atoms with E-state index in [1.807, 2.05) is 54.6 Å². The molecule has 0 saturated carbocycles. The maximum absolute atomic E-state index is 10.1. The van der Waals surface area contributed by atoms with Gasteiger partial charge in [-0.2, -0.15) is 0 Å². The zero-order valence-corrected chi connectivity index (χ0v) is 13.2. The molecule has 4 heteroatoms. The first-order valence-corrected chi connectivity index (χ1v) is 8.16. The van der Waals surface area contributed by atoms with E-state index in [4.69, 9.17) is 9.47 Å². The van der Waals surface area contributed by atoms with Crippen LogP contribution in [0, 0.1) is 0 Å². The number of nitrogens with zero attached hydrogens (tertiary/aromatic N) is 1. The van der Waals surface area contributed by atoms with Crippen molar-refractivity contribution in [3.63, 3.8) is 0 Å². The van der Waals surface area contributed by atoms with E-state index in [0.717, 1.165) is 18.8 Å². The first kappa shape index (κ1) is 15.8. The molecular formula is C19H23NO3. The monoisotopic (exact) mass is 313 g/mol. The SMILES string of the molecule is OC(COc1ccccc1Oc1ccccc1)CN1CCCC1. The van der Waals surface area contributed by atoms with Crippen LogP contribution in [0.2, 0.25) is 0 Å². The Morgan fingerprint density at radius 3 is 2.30 bits per heavy atom. The highest BCUT2D eigenvalue weighted by atomic mass is 16.5. The summed E-state index contributed by atoms with van der Waals surface area (Å²) in [6.07, 6.45) is 1.96. The van der Waals surface area contributed by atoms with E-state index in [2.05, 4.69) is 4.90 Å². The van der Waals surface area contributed by atoms with Crippen LogP contribution in [0.1, 0.15) is 12.8 Å². The molecule has 1 unspecified atom stereocenters. The predicted molar refractivity (Wildman–Crippen MR) is 90.1 cm³/mol. The van der Waals surface area contributed by atoms with Crippen molar-refractivity contribution >= 4 is 0 Å². The molecule has 23 heavy (non-hydrogen) atoms. The van der Waals surface area contributed by atoms with Crippen LogP contribution in [0.4, 0.5) is 0 Å². The van der Waals surface area contributed by atoms with E-state index >= 15 is 0 Å². The van der Waals surface area contributed by atoms with Crippen molar-refractivity contribution in [2.45, 2.75) is 18.9 Å². The van der Waals surface area contributed by atoms with Crippen molar-refractivity contribution in [3.8, 4) is 17.2 Å². The van der Waals surface area contributed by atoms with E-state index in [1.165, 1.54) is 12.8 Å². The van der Waals surface area contributed by atoms with E-state index in [9.17, 15) is 5.11 Å². The highest BCUT2D eigenvalue weighted by molar-refractivity contribution is 5.42. The lowest BCUT2D eigenvalue weighted by atomic mass is 10.3. The number of β-amino-alcohol motifs (C(OH)–C–C–N with tert-alkyl or cyclic N) is 1. The number of benzene rings is 2. The van der Waals surface area contributed by atoms with Crippen molar-refractivity contribution in [3.05, 3.63) is 54.6 Å². The average Bonchev–Trinajstić information content (AvgIpc) is 3.08. The normalized spacial score (nSPS) is 16.2. The van der Waals surface area contributed by atoms with Gasteiger partial charge in [-0.3, -0.25) is 0 Å². The molecule has 1 aliphatic rings. The van der Waals surface area contributed by atoms with E-state index in [0.29, 0.717) is 18.0 Å². The summed E-state index contributed by atoms with van der Waals surface area (Å²) >= 11 is 0. The molecule has 1 saturated heterocycles. The molecule has 0 aromatic heterocycles. The predicted octanol–water partition coefficient (Wildman–Crippen LogP) is 3.31. The first-order valence-electron chi connectivity index (χ1n) is 8.16. The van der Waals surface area contributed by atoms with Crippen LogP contribution >= 0.6 is 0 Å². The molecular weight excluding hydrogens is 290 g/mol. The fourth-order valence-electron chi connectivity index (χ4n) is 2.77. The van der Waals surface area contributed by atoms with Gasteiger partial charge in [-0.1, -0.05) is 30.3 Å². The van der Waals surface area contributed by atoms with Crippen LogP contribution in [0.15, 0.2) is 54.6 Å². The fraction of sp³-hybridized carbons (Fsp3) is 0.368. The van der Waals surface area contributed by atoms with Crippen LogP contribution in [0.25, 0.3) is 0 Å². The molecule has 1 aliphatic heterocycles. The Kier molecular flexibility index (Phi) is 5.51. The van der Waals surface area contributed by atoms with Crippen molar-refractivity contribution in [1.29, 1.82) is 0 Å². The smallest absolute Gasteiger partial charge is 0.169 e. The third-order valence-electron chi connectivity index (χ3n) is 3.92. The summed E-state index contributed by atoms with van der Waals surface area (Å²) in [7, 11) is 0. The second kappa shape index (κ2) is 7.99. The Labute approximate surface area is 137 Å². The van der Waals surface area contributed by atoms with Gasteiger partial charge in [0.1, 0.15) is 18.5 Å². The number of rotatable bonds is 7. The lowest BCUT2D eigenvalue weighted by Crippen LogP contribution is -2.33. The number of para-hydroxylation sites is 3. The quantitative estimate of drug-likeness (QED) is 0.851. The molecule has 1 heterocycles. The Morgan fingerprint density at radius 1 is 0.913 bits per heavy atom. The largest absolute Gasteiger partial charge is 0.487 e. The number of likely N-dealkylation sites (tertiary alicyclic amines) is 1. The molecule has 1 N–H and O–H groups in total. The summed E-state index contributed by atoms with van der Waals surface area (Å²) in [5.74, 6) is 2.07. The topological polar surface area (TPSA) is 41.9 Å². The molecule has 1 fully saturated rings. The molecule has 1 atom stereocenters. The molecule has 0 radical (unpaired) electrons. The standard InChI is InChI=1S/C19H23NO3/c21-16(14-20-12-6-7-13-20)15-22-18-10-4-5-11-19(18)23-17-8-2-1-3-9-17/h1-5,8-11,16,21H,6-7,12-15H2. The molecule has 3 rings (SSSR count). The first-order chi connectivity index (χ1) is 11.3. The minimum atomic E-state index is -0.488. The van der Waals surface area contributed by atoms with E-state index < -0.39 is 6.10 Å². The Morgan fingerprint density at radius 2 is 1.57 bits per heavy atom. The van der Waals surface area contributed by atoms with Gasteiger partial charge in [-0.25, -0.2) is 0 Å². The van der Waals surface area contributed by atoms with Crippen molar-refractivity contribution in [2.24, 2.45) is 0 Å². The zero-order chi connectivity index (χ0) is 15.9. The van der Waals surface area contributed by atoms with Gasteiger partial charge in [-0.15, -0.1) is 0 Å². The lowest BCUT2D eigenvalue weighted by molar-refractivity contribution is 0.0749. The van der Waals surface area contributed by atoms with Crippen LogP contribution < -0.4 is 9.47 Å². The van der Waals surface area contributed by atoms with Crippen molar-refractivity contribution in [1.82, 2.24) is 4.90 Å².